The van der Waals surface area contributed by atoms with E-state index in [0.29, 0.717) is 10.1 Å². The van der Waals surface area contributed by atoms with Crippen molar-refractivity contribution in [1.82, 2.24) is 19.5 Å². The van der Waals surface area contributed by atoms with Crippen molar-refractivity contribution in [3.63, 3.8) is 0 Å². The number of hydrogen-bond acceptors (Lipinski definition) is 5. The highest BCUT2D eigenvalue weighted by Crippen LogP contribution is 2.37. The number of nitrogens with zero attached hydrogens (tertiary/aromatic N) is 4. The van der Waals surface area contributed by atoms with E-state index in [2.05, 4.69) is 10.2 Å². The highest BCUT2D eigenvalue weighted by Gasteiger charge is 2.40. The molecule has 1 aromatic carbocycles. The Morgan fingerprint density at radius 1 is 1.37 bits per heavy atom. The van der Waals surface area contributed by atoms with Crippen molar-refractivity contribution in [3.05, 3.63) is 24.3 Å². The molecule has 0 aliphatic heterocycles. The lowest BCUT2D eigenvalue weighted by molar-refractivity contribution is -0.164. The topological polar surface area (TPSA) is 50.5 Å². The summed E-state index contributed by atoms with van der Waals surface area (Å²) in [5.41, 5.74) is 0.927. The van der Waals surface area contributed by atoms with Crippen LogP contribution in [0.25, 0.3) is 15.2 Å². The van der Waals surface area contributed by atoms with E-state index in [0.717, 1.165) is 39.7 Å². The number of hydrogen-bond donors (Lipinski definition) is 0. The smallest absolute Gasteiger partial charge is 0.330 e. The second-order valence-electron chi connectivity index (χ2n) is 6.67. The van der Waals surface area contributed by atoms with E-state index in [1.165, 1.54) is 11.3 Å². The molecule has 0 unspecified atom stereocenters. The number of thioether (sulfide) groups is 1. The van der Waals surface area contributed by atoms with E-state index in [9.17, 15) is 18.0 Å². The van der Waals surface area contributed by atoms with Crippen LogP contribution in [-0.2, 0) is 4.79 Å². The minimum atomic E-state index is -4.41. The Hall–Kier alpha value is -1.81. The predicted molar refractivity (Wildman–Crippen MR) is 99.0 cm³/mol. The summed E-state index contributed by atoms with van der Waals surface area (Å²) in [5, 5.41) is 8.73. The molecule has 144 valence electrons. The van der Waals surface area contributed by atoms with Gasteiger partial charge in [0.25, 0.3) is 0 Å². The molecule has 1 saturated carbocycles. The van der Waals surface area contributed by atoms with Crippen molar-refractivity contribution >= 4 is 44.2 Å². The number of rotatable bonds is 6. The van der Waals surface area contributed by atoms with Gasteiger partial charge in [0.05, 0.1) is 16.0 Å². The molecule has 1 fully saturated rings. The molecule has 5 nitrogen and oxygen atoms in total. The third kappa shape index (κ3) is 3.91. The second-order valence-corrected chi connectivity index (χ2v) is 8.63. The highest BCUT2D eigenvalue weighted by molar-refractivity contribution is 7.99. The molecular formula is C17H17F3N4OS2. The van der Waals surface area contributed by atoms with Crippen LogP contribution >= 0.6 is 23.1 Å². The largest absolute Gasteiger partial charge is 0.406 e. The summed E-state index contributed by atoms with van der Waals surface area (Å²) in [5.74, 6) is -0.451. The maximum absolute atomic E-state index is 12.9. The lowest BCUT2D eigenvalue weighted by Gasteiger charge is -2.30. The minimum Gasteiger partial charge on any atom is -0.330 e. The lowest BCUT2D eigenvalue weighted by atomic mass is 10.2. The van der Waals surface area contributed by atoms with Gasteiger partial charge in [-0.15, -0.1) is 10.2 Å². The van der Waals surface area contributed by atoms with Gasteiger partial charge in [-0.05, 0) is 37.8 Å². The van der Waals surface area contributed by atoms with Crippen LogP contribution in [0.3, 0.4) is 0 Å². The van der Waals surface area contributed by atoms with E-state index in [-0.39, 0.29) is 11.7 Å². The van der Waals surface area contributed by atoms with E-state index >= 15 is 0 Å². The molecule has 0 N–H and O–H groups in total. The van der Waals surface area contributed by atoms with Crippen LogP contribution in [0.15, 0.2) is 29.4 Å². The Balaban J connectivity index is 1.52. The van der Waals surface area contributed by atoms with Crippen LogP contribution in [0.2, 0.25) is 0 Å². The average molecular weight is 414 g/mol. The number of fused-ring (bicyclic) bond motifs is 3. The first kappa shape index (κ1) is 18.5. The fourth-order valence-electron chi connectivity index (χ4n) is 3.14. The molecule has 1 atom stereocenters. The van der Waals surface area contributed by atoms with Gasteiger partial charge in [-0.1, -0.05) is 35.2 Å². The molecule has 4 rings (SSSR count). The first-order valence-corrected chi connectivity index (χ1v) is 10.4. The van der Waals surface area contributed by atoms with Gasteiger partial charge in [-0.2, -0.15) is 13.2 Å². The van der Waals surface area contributed by atoms with Crippen LogP contribution in [0, 0.1) is 5.92 Å². The first-order valence-electron chi connectivity index (χ1n) is 8.55. The van der Waals surface area contributed by atoms with Gasteiger partial charge in [0, 0.05) is 6.04 Å². The number of carbonyl (C=O) groups is 1. The molecule has 2 aromatic heterocycles. The van der Waals surface area contributed by atoms with Crippen molar-refractivity contribution in [2.24, 2.45) is 5.92 Å². The quantitative estimate of drug-likeness (QED) is 0.567. The third-order valence-electron chi connectivity index (χ3n) is 4.70. The lowest BCUT2D eigenvalue weighted by Crippen LogP contribution is -2.46. The van der Waals surface area contributed by atoms with Crippen LogP contribution in [-0.4, -0.2) is 49.9 Å². The summed E-state index contributed by atoms with van der Waals surface area (Å²) >= 11 is 2.61. The Morgan fingerprint density at radius 2 is 2.11 bits per heavy atom. The molecule has 0 saturated heterocycles. The van der Waals surface area contributed by atoms with Gasteiger partial charge in [-0.25, -0.2) is 0 Å². The molecule has 10 heteroatoms. The number of aromatic nitrogens is 3. The van der Waals surface area contributed by atoms with E-state index in [4.69, 9.17) is 0 Å². The summed E-state index contributed by atoms with van der Waals surface area (Å²) in [6, 6.07) is 7.32. The zero-order chi connectivity index (χ0) is 19.2. The minimum absolute atomic E-state index is 0.0991. The second kappa shape index (κ2) is 6.97. The monoisotopic (exact) mass is 414 g/mol. The third-order valence-corrected chi connectivity index (χ3v) is 6.63. The van der Waals surface area contributed by atoms with Crippen molar-refractivity contribution in [2.75, 3.05) is 12.3 Å². The van der Waals surface area contributed by atoms with Crippen LogP contribution in [0.5, 0.6) is 0 Å². The molecular weight excluding hydrogens is 397 g/mol. The van der Waals surface area contributed by atoms with Gasteiger partial charge < -0.3 is 4.90 Å². The highest BCUT2D eigenvalue weighted by atomic mass is 32.2. The number of amides is 1. The summed E-state index contributed by atoms with van der Waals surface area (Å²) in [4.78, 5) is 14.2. The molecule has 1 amide bonds. The number of thiazole rings is 1. The molecule has 0 bridgehead atoms. The van der Waals surface area contributed by atoms with E-state index in [1.807, 2.05) is 28.7 Å². The fourth-order valence-corrected chi connectivity index (χ4v) is 5.00. The SMILES string of the molecule is C[C@@H](C1CC1)N(CC(F)(F)F)C(=O)CSc1nnc2sc3ccccc3n12. The van der Waals surface area contributed by atoms with Gasteiger partial charge in [-0.3, -0.25) is 9.20 Å². The van der Waals surface area contributed by atoms with E-state index in [1.54, 1.807) is 6.92 Å². The predicted octanol–water partition coefficient (Wildman–Crippen LogP) is 4.23. The zero-order valence-electron chi connectivity index (χ0n) is 14.4. The van der Waals surface area contributed by atoms with Gasteiger partial charge in [0.15, 0.2) is 5.16 Å². The van der Waals surface area contributed by atoms with E-state index < -0.39 is 24.7 Å². The number of benzene rings is 1. The number of para-hydroxylation sites is 1. The van der Waals surface area contributed by atoms with Crippen molar-refractivity contribution in [3.8, 4) is 0 Å². The molecule has 0 radical (unpaired) electrons. The normalized spacial score (nSPS) is 16.1. The Bertz CT molecular complexity index is 980. The van der Waals surface area contributed by atoms with Crippen molar-refractivity contribution < 1.29 is 18.0 Å². The molecule has 3 aromatic rings. The van der Waals surface area contributed by atoms with Crippen LogP contribution < -0.4 is 0 Å². The zero-order valence-corrected chi connectivity index (χ0v) is 16.1. The number of halogens is 3. The Kier molecular flexibility index (Phi) is 4.79. The standard InChI is InChI=1S/C17H17F3N4OS2/c1-10(11-6-7-11)23(9-17(18,19)20)14(25)8-26-15-21-22-16-24(15)12-4-2-3-5-13(12)27-16/h2-5,10-11H,6-9H2,1H3/t10-/m0/s1. The average Bonchev–Trinajstić information content (AvgIpc) is 3.29. The van der Waals surface area contributed by atoms with Crippen molar-refractivity contribution in [2.45, 2.75) is 37.1 Å². The fraction of sp³-hybridized carbons (Fsp3) is 0.471. The van der Waals surface area contributed by atoms with Crippen molar-refractivity contribution in [1.29, 1.82) is 0 Å². The maximum atomic E-state index is 12.9. The van der Waals surface area contributed by atoms with Crippen LogP contribution in [0.1, 0.15) is 19.8 Å². The number of alkyl halides is 3. The van der Waals surface area contributed by atoms with Crippen LogP contribution in [0.4, 0.5) is 13.2 Å². The molecule has 1 aliphatic rings. The summed E-state index contributed by atoms with van der Waals surface area (Å²) in [6.45, 7) is 0.494. The number of carbonyl (C=O) groups excluding carboxylic acids is 1. The summed E-state index contributed by atoms with van der Waals surface area (Å²) < 4.78 is 41.7. The Morgan fingerprint density at radius 3 is 2.81 bits per heavy atom. The van der Waals surface area contributed by atoms with Gasteiger partial charge in [0.1, 0.15) is 6.54 Å². The molecule has 27 heavy (non-hydrogen) atoms. The molecule has 1 aliphatic carbocycles. The summed E-state index contributed by atoms with van der Waals surface area (Å²) in [7, 11) is 0. The summed E-state index contributed by atoms with van der Waals surface area (Å²) in [6.07, 6.45) is -2.65. The van der Waals surface area contributed by atoms with Gasteiger partial charge >= 0.3 is 6.18 Å². The maximum Gasteiger partial charge on any atom is 0.406 e. The molecule has 2 heterocycles. The Labute approximate surface area is 161 Å². The van der Waals surface area contributed by atoms with Gasteiger partial charge in [0.2, 0.25) is 10.9 Å². The molecule has 0 spiro atoms. The first-order chi connectivity index (χ1) is 12.8.